The third-order valence-corrected chi connectivity index (χ3v) is 9.69. The molecule has 1 aliphatic heterocycles. The molecule has 4 heterocycles. The molecule has 228 valence electrons. The Bertz CT molecular complexity index is 2200. The number of nitriles is 1. The first-order chi connectivity index (χ1) is 22.5. The largest absolute Gasteiger partial charge is 0.435 e. The van der Waals surface area contributed by atoms with Gasteiger partial charge in [-0.05, 0) is 90.8 Å². The van der Waals surface area contributed by atoms with Gasteiger partial charge in [-0.1, -0.05) is 35.9 Å². The van der Waals surface area contributed by atoms with Crippen LogP contribution >= 0.6 is 11.6 Å². The summed E-state index contributed by atoms with van der Waals surface area (Å²) in [7, 11) is 0. The fourth-order valence-electron chi connectivity index (χ4n) is 6.95. The van der Waals surface area contributed by atoms with E-state index in [9.17, 15) is 10.4 Å². The number of benzene rings is 3. The van der Waals surface area contributed by atoms with Crippen molar-refractivity contribution in [3.63, 3.8) is 0 Å². The number of anilines is 2. The van der Waals surface area contributed by atoms with Gasteiger partial charge in [0.15, 0.2) is 11.4 Å². The normalized spacial score (nSPS) is 16.3. The Morgan fingerprint density at radius 3 is 2.78 bits per heavy atom. The van der Waals surface area contributed by atoms with Gasteiger partial charge in [0.05, 0.1) is 16.7 Å². The summed E-state index contributed by atoms with van der Waals surface area (Å²) in [5.41, 5.74) is 10.4. The van der Waals surface area contributed by atoms with E-state index in [-0.39, 0.29) is 6.10 Å². The van der Waals surface area contributed by atoms with E-state index in [0.29, 0.717) is 45.5 Å². The third kappa shape index (κ3) is 4.97. The van der Waals surface area contributed by atoms with Crippen LogP contribution in [0.5, 0.6) is 0 Å². The van der Waals surface area contributed by atoms with Gasteiger partial charge < -0.3 is 14.8 Å². The predicted octanol–water partition coefficient (Wildman–Crippen LogP) is 7.74. The Labute approximate surface area is 271 Å². The zero-order chi connectivity index (χ0) is 31.4. The molecule has 1 atom stereocenters. The standard InChI is InChI=1S/C37H31ClN6O2/c1-21-26(28-8-3-9-29(33(28)38)37-43-32-16-23-5-2-7-27(23)30(17-39)35(32)46-37)6-4-10-31(21)42-36-34-24(11-13-40-36)15-22(18-41-34)19-44-14-12-25(45)20-44/h3-4,6,8-11,13,15-16,18,25,45H,2,5,7,12,14,19-20H2,1H3,(H,40,42)/t25-/m1/s1. The van der Waals surface area contributed by atoms with E-state index in [1.165, 1.54) is 5.56 Å². The van der Waals surface area contributed by atoms with Crippen LogP contribution in [-0.2, 0) is 19.4 Å². The lowest BCUT2D eigenvalue weighted by Crippen LogP contribution is -2.21. The molecule has 1 fully saturated rings. The Kier molecular flexibility index (Phi) is 7.18. The molecule has 0 amide bonds. The highest BCUT2D eigenvalue weighted by molar-refractivity contribution is 6.36. The first kappa shape index (κ1) is 28.6. The zero-order valence-corrected chi connectivity index (χ0v) is 26.1. The summed E-state index contributed by atoms with van der Waals surface area (Å²) in [4.78, 5) is 16.5. The fourth-order valence-corrected chi connectivity index (χ4v) is 7.26. The van der Waals surface area contributed by atoms with Crippen molar-refractivity contribution >= 4 is 45.1 Å². The number of nitrogens with zero attached hydrogens (tertiary/aromatic N) is 5. The summed E-state index contributed by atoms with van der Waals surface area (Å²) in [5.74, 6) is 1.08. The molecule has 8 nitrogen and oxygen atoms in total. The Balaban J connectivity index is 1.11. The van der Waals surface area contributed by atoms with Crippen LogP contribution in [0.1, 0.15) is 40.7 Å². The summed E-state index contributed by atoms with van der Waals surface area (Å²) < 4.78 is 6.24. The van der Waals surface area contributed by atoms with Gasteiger partial charge >= 0.3 is 0 Å². The molecule has 6 aromatic rings. The lowest BCUT2D eigenvalue weighted by Gasteiger charge is -2.17. The molecule has 3 aromatic carbocycles. The van der Waals surface area contributed by atoms with Crippen molar-refractivity contribution in [1.29, 1.82) is 5.26 Å². The van der Waals surface area contributed by atoms with E-state index in [0.717, 1.165) is 83.2 Å². The van der Waals surface area contributed by atoms with Gasteiger partial charge in [0.1, 0.15) is 22.7 Å². The highest BCUT2D eigenvalue weighted by atomic mass is 35.5. The number of pyridine rings is 2. The molecular weight excluding hydrogens is 596 g/mol. The Morgan fingerprint density at radius 2 is 1.93 bits per heavy atom. The van der Waals surface area contributed by atoms with Crippen LogP contribution in [-0.4, -0.2) is 44.2 Å². The molecular formula is C37H31ClN6O2. The van der Waals surface area contributed by atoms with E-state index in [4.69, 9.17) is 26.0 Å². The molecule has 0 radical (unpaired) electrons. The van der Waals surface area contributed by atoms with Crippen LogP contribution in [0.4, 0.5) is 11.5 Å². The van der Waals surface area contributed by atoms with Crippen molar-refractivity contribution in [2.24, 2.45) is 0 Å². The fraction of sp³-hybridized carbons (Fsp3) is 0.243. The molecule has 0 bridgehead atoms. The number of hydrogen-bond donors (Lipinski definition) is 2. The number of rotatable bonds is 6. The number of aromatic nitrogens is 3. The second kappa shape index (κ2) is 11.5. The molecule has 0 spiro atoms. The molecule has 9 heteroatoms. The molecule has 3 aromatic heterocycles. The van der Waals surface area contributed by atoms with E-state index in [1.807, 2.05) is 48.7 Å². The van der Waals surface area contributed by atoms with Gasteiger partial charge in [-0.25, -0.2) is 9.97 Å². The van der Waals surface area contributed by atoms with Gasteiger partial charge in [0.25, 0.3) is 0 Å². The van der Waals surface area contributed by atoms with Gasteiger partial charge in [-0.3, -0.25) is 9.88 Å². The number of fused-ring (bicyclic) bond motifs is 3. The number of likely N-dealkylation sites (tertiary alicyclic amines) is 1. The average molecular weight is 627 g/mol. The van der Waals surface area contributed by atoms with Crippen molar-refractivity contribution in [1.82, 2.24) is 19.9 Å². The van der Waals surface area contributed by atoms with Crippen molar-refractivity contribution in [3.8, 4) is 28.7 Å². The lowest BCUT2D eigenvalue weighted by molar-refractivity contribution is 0.175. The van der Waals surface area contributed by atoms with E-state index in [2.05, 4.69) is 40.3 Å². The van der Waals surface area contributed by atoms with Crippen molar-refractivity contribution < 1.29 is 9.52 Å². The first-order valence-corrected chi connectivity index (χ1v) is 16.0. The van der Waals surface area contributed by atoms with Crippen LogP contribution in [0, 0.1) is 18.3 Å². The van der Waals surface area contributed by atoms with Crippen molar-refractivity contribution in [3.05, 3.63) is 99.8 Å². The lowest BCUT2D eigenvalue weighted by atomic mass is 9.97. The van der Waals surface area contributed by atoms with Crippen molar-refractivity contribution in [2.75, 3.05) is 18.4 Å². The number of β-amino-alcohol motifs (C(OH)–C–C–N with tert-alkyl or cyclic N) is 1. The SMILES string of the molecule is Cc1c(Nc2nccc3cc(CN4CC[C@@H](O)C4)cnc23)cccc1-c1cccc(-c2nc3cc4c(c(C#N)c3o2)CCC4)c1Cl. The molecule has 2 aliphatic rings. The first-order valence-electron chi connectivity index (χ1n) is 15.6. The van der Waals surface area contributed by atoms with Crippen molar-refractivity contribution in [2.45, 2.75) is 45.3 Å². The molecule has 0 unspecified atom stereocenters. The minimum Gasteiger partial charge on any atom is -0.435 e. The van der Waals surface area contributed by atoms with Gasteiger partial charge in [-0.2, -0.15) is 5.26 Å². The van der Waals surface area contributed by atoms with Gasteiger partial charge in [-0.15, -0.1) is 0 Å². The molecule has 1 saturated heterocycles. The maximum Gasteiger partial charge on any atom is 0.228 e. The average Bonchev–Trinajstić information content (AvgIpc) is 3.81. The highest BCUT2D eigenvalue weighted by Gasteiger charge is 2.24. The van der Waals surface area contributed by atoms with E-state index >= 15 is 0 Å². The predicted molar refractivity (Wildman–Crippen MR) is 180 cm³/mol. The number of hydrogen-bond acceptors (Lipinski definition) is 8. The minimum absolute atomic E-state index is 0.245. The van der Waals surface area contributed by atoms with Crippen LogP contribution in [0.15, 0.2) is 71.4 Å². The quantitative estimate of drug-likeness (QED) is 0.193. The maximum atomic E-state index is 9.93. The Hall–Kier alpha value is -4.81. The summed E-state index contributed by atoms with van der Waals surface area (Å²) >= 11 is 7.10. The smallest absolute Gasteiger partial charge is 0.228 e. The van der Waals surface area contributed by atoms with Crippen LogP contribution in [0.3, 0.4) is 0 Å². The third-order valence-electron chi connectivity index (χ3n) is 9.28. The second-order valence-corrected chi connectivity index (χ2v) is 12.6. The van der Waals surface area contributed by atoms with E-state index in [1.54, 1.807) is 6.20 Å². The number of oxazole rings is 1. The molecule has 8 rings (SSSR count). The second-order valence-electron chi connectivity index (χ2n) is 12.2. The Morgan fingerprint density at radius 1 is 1.09 bits per heavy atom. The highest BCUT2D eigenvalue weighted by Crippen LogP contribution is 2.41. The van der Waals surface area contributed by atoms with Crippen LogP contribution < -0.4 is 5.32 Å². The summed E-state index contributed by atoms with van der Waals surface area (Å²) in [6.07, 6.45) is 7.15. The number of halogens is 1. The van der Waals surface area contributed by atoms with Crippen LogP contribution in [0.25, 0.3) is 44.6 Å². The molecule has 46 heavy (non-hydrogen) atoms. The number of nitrogens with one attached hydrogen (secondary N) is 1. The summed E-state index contributed by atoms with van der Waals surface area (Å²) in [6, 6.07) is 20.4. The summed E-state index contributed by atoms with van der Waals surface area (Å²) in [6.45, 7) is 4.41. The van der Waals surface area contributed by atoms with Crippen LogP contribution in [0.2, 0.25) is 5.02 Å². The number of aliphatic hydroxyl groups is 1. The summed E-state index contributed by atoms with van der Waals surface area (Å²) in [5, 5.41) is 24.9. The molecule has 2 N–H and O–H groups in total. The monoisotopic (exact) mass is 626 g/mol. The number of aryl methyl sites for hydroxylation is 1. The zero-order valence-electron chi connectivity index (χ0n) is 25.3. The molecule has 0 saturated carbocycles. The minimum atomic E-state index is -0.245. The van der Waals surface area contributed by atoms with Gasteiger partial charge in [0, 0.05) is 48.7 Å². The van der Waals surface area contributed by atoms with Gasteiger partial charge in [0.2, 0.25) is 5.89 Å². The maximum absolute atomic E-state index is 9.93. The van der Waals surface area contributed by atoms with E-state index < -0.39 is 0 Å². The topological polar surface area (TPSA) is 111 Å². The molecule has 1 aliphatic carbocycles. The number of aliphatic hydroxyl groups excluding tert-OH is 1.